The van der Waals surface area contributed by atoms with Crippen LogP contribution in [-0.2, 0) is 9.53 Å². The van der Waals surface area contributed by atoms with Crippen molar-refractivity contribution in [3.63, 3.8) is 0 Å². The molecular weight excluding hydrogens is 454 g/mol. The Labute approximate surface area is 233 Å². The lowest BCUT2D eigenvalue weighted by Gasteiger charge is -2.21. The lowest BCUT2D eigenvalue weighted by molar-refractivity contribution is -0.140. The molecule has 0 aliphatic heterocycles. The maximum absolute atomic E-state index is 11.1. The molecule has 0 heterocycles. The molecule has 1 aliphatic rings. The first-order valence-corrected chi connectivity index (χ1v) is 16.8. The van der Waals surface area contributed by atoms with Crippen molar-refractivity contribution in [1.82, 2.24) is 4.90 Å². The van der Waals surface area contributed by atoms with Gasteiger partial charge in [-0.3, -0.25) is 4.79 Å². The van der Waals surface area contributed by atoms with Crippen molar-refractivity contribution in [2.75, 3.05) is 27.7 Å². The van der Waals surface area contributed by atoms with Crippen LogP contribution in [0.15, 0.2) is 0 Å². The van der Waals surface area contributed by atoms with Gasteiger partial charge in [-0.05, 0) is 57.5 Å². The van der Waals surface area contributed by atoms with E-state index >= 15 is 0 Å². The van der Waals surface area contributed by atoms with E-state index in [4.69, 9.17) is 4.74 Å². The Balaban J connectivity index is 1.85. The van der Waals surface area contributed by atoms with E-state index in [1.165, 1.54) is 161 Å². The second-order valence-corrected chi connectivity index (χ2v) is 12.7. The molecule has 37 heavy (non-hydrogen) atoms. The first-order valence-electron chi connectivity index (χ1n) is 16.8. The van der Waals surface area contributed by atoms with Gasteiger partial charge in [0.15, 0.2) is 0 Å². The van der Waals surface area contributed by atoms with E-state index in [9.17, 15) is 4.79 Å². The zero-order valence-electron chi connectivity index (χ0n) is 25.9. The highest BCUT2D eigenvalue weighted by atomic mass is 16.5. The quantitative estimate of drug-likeness (QED) is 0.0757. The van der Waals surface area contributed by atoms with Gasteiger partial charge in [-0.2, -0.15) is 0 Å². The number of nitrogens with zero attached hydrogens (tertiary/aromatic N) is 1. The van der Waals surface area contributed by atoms with E-state index in [-0.39, 0.29) is 5.97 Å². The molecule has 1 fully saturated rings. The third-order valence-electron chi connectivity index (χ3n) is 8.78. The summed E-state index contributed by atoms with van der Waals surface area (Å²) in [5.74, 6) is 2.97. The first-order chi connectivity index (χ1) is 18.1. The summed E-state index contributed by atoms with van der Waals surface area (Å²) >= 11 is 0. The summed E-state index contributed by atoms with van der Waals surface area (Å²) in [7, 11) is 5.98. The van der Waals surface area contributed by atoms with Crippen molar-refractivity contribution >= 4 is 5.97 Å². The molecule has 0 aromatic carbocycles. The second kappa shape index (κ2) is 24.5. The number of carbonyl (C=O) groups is 1. The van der Waals surface area contributed by atoms with Crippen LogP contribution in [0.25, 0.3) is 0 Å². The molecule has 3 nitrogen and oxygen atoms in total. The van der Waals surface area contributed by atoms with Crippen molar-refractivity contribution in [2.45, 2.75) is 167 Å². The van der Waals surface area contributed by atoms with Gasteiger partial charge in [0.1, 0.15) is 0 Å². The van der Waals surface area contributed by atoms with Crippen molar-refractivity contribution in [3.05, 3.63) is 0 Å². The zero-order chi connectivity index (χ0) is 27.0. The summed E-state index contributed by atoms with van der Waals surface area (Å²) in [4.78, 5) is 13.5. The molecule has 1 saturated carbocycles. The molecule has 0 bridgehead atoms. The number of carbonyl (C=O) groups excluding carboxylic acids is 1. The summed E-state index contributed by atoms with van der Waals surface area (Å²) in [6.07, 6.45) is 34.4. The molecule has 3 heteroatoms. The second-order valence-electron chi connectivity index (χ2n) is 12.7. The van der Waals surface area contributed by atoms with Crippen molar-refractivity contribution < 1.29 is 9.53 Å². The molecule has 0 spiro atoms. The van der Waals surface area contributed by atoms with Gasteiger partial charge in [0.25, 0.3) is 0 Å². The monoisotopic (exact) mass is 522 g/mol. The number of hydrogen-bond donors (Lipinski definition) is 0. The van der Waals surface area contributed by atoms with E-state index in [0.717, 1.165) is 24.2 Å². The maximum atomic E-state index is 11.1. The van der Waals surface area contributed by atoms with Crippen LogP contribution in [0.2, 0.25) is 0 Å². The third-order valence-corrected chi connectivity index (χ3v) is 8.78. The van der Waals surface area contributed by atoms with Gasteiger partial charge in [-0.15, -0.1) is 0 Å². The van der Waals surface area contributed by atoms with Gasteiger partial charge >= 0.3 is 5.97 Å². The summed E-state index contributed by atoms with van der Waals surface area (Å²) < 4.78 is 4.70. The summed E-state index contributed by atoms with van der Waals surface area (Å²) in [5.41, 5.74) is 0. The molecule has 0 N–H and O–H groups in total. The fourth-order valence-electron chi connectivity index (χ4n) is 6.28. The molecule has 0 amide bonds. The van der Waals surface area contributed by atoms with E-state index in [0.29, 0.717) is 6.42 Å². The molecule has 0 radical (unpaired) electrons. The van der Waals surface area contributed by atoms with E-state index in [2.05, 4.69) is 25.9 Å². The lowest BCUT2D eigenvalue weighted by Crippen LogP contribution is -2.21. The van der Waals surface area contributed by atoms with Crippen LogP contribution in [0.3, 0.4) is 0 Å². The third kappa shape index (κ3) is 22.0. The minimum Gasteiger partial charge on any atom is -0.469 e. The molecule has 3 unspecified atom stereocenters. The SMILES string of the molecule is CCCCCCCCC(CCCCCCCCCCC1CC1CCCCCCCC(=O)OC)CN(C)C. The largest absolute Gasteiger partial charge is 0.469 e. The smallest absolute Gasteiger partial charge is 0.305 e. The minimum atomic E-state index is -0.0565. The molecule has 0 saturated heterocycles. The van der Waals surface area contributed by atoms with E-state index < -0.39 is 0 Å². The number of ether oxygens (including phenoxy) is 1. The van der Waals surface area contributed by atoms with Crippen molar-refractivity contribution in [3.8, 4) is 0 Å². The van der Waals surface area contributed by atoms with Crippen LogP contribution in [0.4, 0.5) is 0 Å². The Morgan fingerprint density at radius 3 is 1.57 bits per heavy atom. The van der Waals surface area contributed by atoms with Crippen molar-refractivity contribution in [1.29, 1.82) is 0 Å². The van der Waals surface area contributed by atoms with E-state index in [1.54, 1.807) is 0 Å². The Kier molecular flexibility index (Phi) is 22.8. The van der Waals surface area contributed by atoms with Crippen LogP contribution < -0.4 is 0 Å². The van der Waals surface area contributed by atoms with Crippen LogP contribution in [-0.4, -0.2) is 38.6 Å². The molecule has 0 aromatic heterocycles. The Morgan fingerprint density at radius 2 is 1.11 bits per heavy atom. The highest BCUT2D eigenvalue weighted by molar-refractivity contribution is 5.68. The van der Waals surface area contributed by atoms with Crippen LogP contribution in [0, 0.1) is 17.8 Å². The van der Waals surface area contributed by atoms with Gasteiger partial charge in [0, 0.05) is 13.0 Å². The molecule has 3 atom stereocenters. The van der Waals surface area contributed by atoms with Gasteiger partial charge in [0.05, 0.1) is 7.11 Å². The summed E-state index contributed by atoms with van der Waals surface area (Å²) in [5, 5.41) is 0. The van der Waals surface area contributed by atoms with Gasteiger partial charge in [0.2, 0.25) is 0 Å². The van der Waals surface area contributed by atoms with E-state index in [1.807, 2.05) is 0 Å². The van der Waals surface area contributed by atoms with Crippen LogP contribution in [0.1, 0.15) is 167 Å². The summed E-state index contributed by atoms with van der Waals surface area (Å²) in [6.45, 7) is 3.59. The predicted octanol–water partition coefficient (Wildman–Crippen LogP) is 10.4. The van der Waals surface area contributed by atoms with Crippen molar-refractivity contribution in [2.24, 2.45) is 17.8 Å². The average molecular weight is 522 g/mol. The fraction of sp³-hybridized carbons (Fsp3) is 0.971. The van der Waals surface area contributed by atoms with Crippen LogP contribution >= 0.6 is 0 Å². The highest BCUT2D eigenvalue weighted by Gasteiger charge is 2.34. The number of esters is 1. The standard InChI is InChI=1S/C34H67NO2/c1-5-6-7-8-14-19-24-31(30-35(2)3)25-20-15-11-9-10-12-16-21-26-32-29-33(32)27-22-17-13-18-23-28-34(36)37-4/h31-33H,5-30H2,1-4H3. The van der Waals surface area contributed by atoms with Gasteiger partial charge < -0.3 is 9.64 Å². The fourth-order valence-corrected chi connectivity index (χ4v) is 6.28. The Bertz CT molecular complexity index is 506. The molecule has 220 valence electrons. The highest BCUT2D eigenvalue weighted by Crippen LogP contribution is 2.45. The predicted molar refractivity (Wildman–Crippen MR) is 162 cm³/mol. The van der Waals surface area contributed by atoms with Gasteiger partial charge in [-0.1, -0.05) is 135 Å². The topological polar surface area (TPSA) is 29.5 Å². The number of rotatable bonds is 28. The first kappa shape index (κ1) is 34.5. The molecule has 0 aromatic rings. The molecule has 1 rings (SSSR count). The lowest BCUT2D eigenvalue weighted by atomic mass is 9.93. The molecular formula is C34H67NO2. The van der Waals surface area contributed by atoms with Gasteiger partial charge in [-0.25, -0.2) is 0 Å². The number of hydrogen-bond acceptors (Lipinski definition) is 3. The Hall–Kier alpha value is -0.570. The average Bonchev–Trinajstić information content (AvgIpc) is 3.63. The number of methoxy groups -OCH3 is 1. The zero-order valence-corrected chi connectivity index (χ0v) is 25.9. The minimum absolute atomic E-state index is 0.0565. The maximum Gasteiger partial charge on any atom is 0.305 e. The van der Waals surface area contributed by atoms with Crippen LogP contribution in [0.5, 0.6) is 0 Å². The number of unbranched alkanes of at least 4 members (excludes halogenated alkanes) is 16. The normalized spacial score (nSPS) is 17.9. The Morgan fingerprint density at radius 1 is 0.676 bits per heavy atom. The molecule has 1 aliphatic carbocycles. The summed E-state index contributed by atoms with van der Waals surface area (Å²) in [6, 6.07) is 0.